The highest BCUT2D eigenvalue weighted by Gasteiger charge is 2.09. The summed E-state index contributed by atoms with van der Waals surface area (Å²) in [7, 11) is 0. The summed E-state index contributed by atoms with van der Waals surface area (Å²) in [5.74, 6) is 0.433. The van der Waals surface area contributed by atoms with Crippen molar-refractivity contribution in [3.63, 3.8) is 0 Å². The maximum atomic E-state index is 13.3. The summed E-state index contributed by atoms with van der Waals surface area (Å²) < 4.78 is 13.3. The smallest absolute Gasteiger partial charge is 0.126 e. The van der Waals surface area contributed by atoms with E-state index in [0.717, 1.165) is 18.4 Å². The Balaban J connectivity index is 2.56. The molecule has 2 unspecified atom stereocenters. The van der Waals surface area contributed by atoms with Crippen molar-refractivity contribution in [3.8, 4) is 0 Å². The van der Waals surface area contributed by atoms with Gasteiger partial charge in [-0.05, 0) is 30.4 Å². The first-order valence-electron chi connectivity index (χ1n) is 4.97. The SMILES string of the molecule is CC(Br)CC(C)Cc1ccccc1F. The summed E-state index contributed by atoms with van der Waals surface area (Å²) in [5.41, 5.74) is 0.827. The summed E-state index contributed by atoms with van der Waals surface area (Å²) >= 11 is 3.51. The lowest BCUT2D eigenvalue weighted by atomic mass is 9.97. The van der Waals surface area contributed by atoms with E-state index in [1.54, 1.807) is 6.07 Å². The molecular formula is C12H16BrF. The standard InChI is InChI=1S/C12H16BrF/c1-9(7-10(2)13)8-11-5-3-4-6-12(11)14/h3-6,9-10H,7-8H2,1-2H3. The second-order valence-electron chi connectivity index (χ2n) is 3.92. The van der Waals surface area contributed by atoms with Crippen molar-refractivity contribution in [1.29, 1.82) is 0 Å². The molecule has 1 aromatic rings. The van der Waals surface area contributed by atoms with Crippen LogP contribution in [-0.4, -0.2) is 4.83 Å². The van der Waals surface area contributed by atoms with Crippen LogP contribution in [0, 0.1) is 11.7 Å². The third-order valence-corrected chi connectivity index (χ3v) is 2.63. The van der Waals surface area contributed by atoms with Gasteiger partial charge < -0.3 is 0 Å². The first-order chi connectivity index (χ1) is 6.59. The van der Waals surface area contributed by atoms with Crippen LogP contribution in [0.4, 0.5) is 4.39 Å². The van der Waals surface area contributed by atoms with Crippen LogP contribution in [0.15, 0.2) is 24.3 Å². The molecular weight excluding hydrogens is 243 g/mol. The van der Waals surface area contributed by atoms with Crippen molar-refractivity contribution in [2.75, 3.05) is 0 Å². The average Bonchev–Trinajstić information content (AvgIpc) is 2.07. The van der Waals surface area contributed by atoms with Crippen LogP contribution in [0.25, 0.3) is 0 Å². The number of hydrogen-bond donors (Lipinski definition) is 0. The van der Waals surface area contributed by atoms with E-state index in [1.165, 1.54) is 6.07 Å². The van der Waals surface area contributed by atoms with Crippen molar-refractivity contribution < 1.29 is 4.39 Å². The first kappa shape index (κ1) is 11.7. The molecule has 2 atom stereocenters. The third-order valence-electron chi connectivity index (χ3n) is 2.25. The van der Waals surface area contributed by atoms with Gasteiger partial charge in [-0.2, -0.15) is 0 Å². The number of alkyl halides is 1. The summed E-state index contributed by atoms with van der Waals surface area (Å²) in [6, 6.07) is 7.02. The largest absolute Gasteiger partial charge is 0.207 e. The fourth-order valence-electron chi connectivity index (χ4n) is 1.68. The second kappa shape index (κ2) is 5.50. The molecule has 0 aromatic heterocycles. The van der Waals surface area contributed by atoms with Gasteiger partial charge in [0.1, 0.15) is 5.82 Å². The van der Waals surface area contributed by atoms with Gasteiger partial charge in [-0.25, -0.2) is 4.39 Å². The van der Waals surface area contributed by atoms with Gasteiger partial charge >= 0.3 is 0 Å². The van der Waals surface area contributed by atoms with Gasteiger partial charge in [0, 0.05) is 4.83 Å². The molecule has 0 amide bonds. The van der Waals surface area contributed by atoms with Gasteiger partial charge in [-0.15, -0.1) is 0 Å². The van der Waals surface area contributed by atoms with Crippen molar-refractivity contribution in [2.45, 2.75) is 31.5 Å². The molecule has 0 saturated carbocycles. The quantitative estimate of drug-likeness (QED) is 0.711. The lowest BCUT2D eigenvalue weighted by Crippen LogP contribution is -2.06. The van der Waals surface area contributed by atoms with Gasteiger partial charge in [0.15, 0.2) is 0 Å². The van der Waals surface area contributed by atoms with E-state index in [4.69, 9.17) is 0 Å². The molecule has 0 nitrogen and oxygen atoms in total. The zero-order valence-electron chi connectivity index (χ0n) is 8.63. The zero-order valence-corrected chi connectivity index (χ0v) is 10.2. The number of benzene rings is 1. The second-order valence-corrected chi connectivity index (χ2v) is 5.48. The van der Waals surface area contributed by atoms with Crippen LogP contribution in [0.2, 0.25) is 0 Å². The van der Waals surface area contributed by atoms with E-state index >= 15 is 0 Å². The van der Waals surface area contributed by atoms with Crippen molar-refractivity contribution >= 4 is 15.9 Å². The van der Waals surface area contributed by atoms with Gasteiger partial charge in [0.05, 0.1) is 0 Å². The van der Waals surface area contributed by atoms with Crippen LogP contribution in [0.3, 0.4) is 0 Å². The lowest BCUT2D eigenvalue weighted by molar-refractivity contribution is 0.512. The predicted molar refractivity (Wildman–Crippen MR) is 62.3 cm³/mol. The lowest BCUT2D eigenvalue weighted by Gasteiger charge is -2.13. The van der Waals surface area contributed by atoms with Crippen molar-refractivity contribution in [3.05, 3.63) is 35.6 Å². The van der Waals surface area contributed by atoms with Gasteiger partial charge in [0.25, 0.3) is 0 Å². The first-order valence-corrected chi connectivity index (χ1v) is 5.88. The highest BCUT2D eigenvalue weighted by atomic mass is 79.9. The van der Waals surface area contributed by atoms with E-state index in [0.29, 0.717) is 10.7 Å². The van der Waals surface area contributed by atoms with Gasteiger partial charge in [0.2, 0.25) is 0 Å². The molecule has 1 aromatic carbocycles. The number of hydrogen-bond acceptors (Lipinski definition) is 0. The Morgan fingerprint density at radius 1 is 1.29 bits per heavy atom. The molecule has 0 aliphatic carbocycles. The summed E-state index contributed by atoms with van der Waals surface area (Å²) in [6.07, 6.45) is 1.90. The minimum atomic E-state index is -0.0819. The summed E-state index contributed by atoms with van der Waals surface area (Å²) in [6.45, 7) is 4.28. The Kier molecular flexibility index (Phi) is 4.59. The van der Waals surface area contributed by atoms with Gasteiger partial charge in [-0.3, -0.25) is 0 Å². The van der Waals surface area contributed by atoms with Crippen LogP contribution >= 0.6 is 15.9 Å². The topological polar surface area (TPSA) is 0 Å². The number of rotatable bonds is 4. The maximum absolute atomic E-state index is 13.3. The maximum Gasteiger partial charge on any atom is 0.126 e. The molecule has 1 rings (SSSR count). The number of halogens is 2. The minimum Gasteiger partial charge on any atom is -0.207 e. The Hall–Kier alpha value is -0.370. The zero-order chi connectivity index (χ0) is 10.6. The molecule has 0 aliphatic rings. The van der Waals surface area contributed by atoms with Gasteiger partial charge in [-0.1, -0.05) is 48.0 Å². The van der Waals surface area contributed by atoms with Crippen molar-refractivity contribution in [1.82, 2.24) is 0 Å². The van der Waals surface area contributed by atoms with Crippen LogP contribution in [0.1, 0.15) is 25.8 Å². The van der Waals surface area contributed by atoms with Crippen LogP contribution < -0.4 is 0 Å². The monoisotopic (exact) mass is 258 g/mol. The van der Waals surface area contributed by atoms with Crippen LogP contribution in [-0.2, 0) is 6.42 Å². The molecule has 0 saturated heterocycles. The summed E-state index contributed by atoms with van der Waals surface area (Å²) in [4.78, 5) is 0.504. The molecule has 0 N–H and O–H groups in total. The molecule has 0 spiro atoms. The summed E-state index contributed by atoms with van der Waals surface area (Å²) in [5, 5.41) is 0. The Bertz CT molecular complexity index is 283. The van der Waals surface area contributed by atoms with E-state index in [1.807, 2.05) is 12.1 Å². The molecule has 14 heavy (non-hydrogen) atoms. The highest BCUT2D eigenvalue weighted by molar-refractivity contribution is 9.09. The Labute approximate surface area is 93.7 Å². The van der Waals surface area contributed by atoms with E-state index < -0.39 is 0 Å². The van der Waals surface area contributed by atoms with Crippen molar-refractivity contribution in [2.24, 2.45) is 5.92 Å². The fraction of sp³-hybridized carbons (Fsp3) is 0.500. The average molecular weight is 259 g/mol. The molecule has 78 valence electrons. The van der Waals surface area contributed by atoms with E-state index in [-0.39, 0.29) is 5.82 Å². The van der Waals surface area contributed by atoms with E-state index in [9.17, 15) is 4.39 Å². The molecule has 0 aliphatic heterocycles. The Morgan fingerprint density at radius 2 is 1.93 bits per heavy atom. The van der Waals surface area contributed by atoms with Crippen LogP contribution in [0.5, 0.6) is 0 Å². The molecule has 0 heterocycles. The molecule has 0 bridgehead atoms. The fourth-order valence-corrected chi connectivity index (χ4v) is 2.32. The van der Waals surface area contributed by atoms with E-state index in [2.05, 4.69) is 29.8 Å². The predicted octanol–water partition coefficient (Wildman–Crippen LogP) is 4.18. The molecule has 0 fully saturated rings. The minimum absolute atomic E-state index is 0.0819. The highest BCUT2D eigenvalue weighted by Crippen LogP contribution is 2.18. The third kappa shape index (κ3) is 3.79. The molecule has 0 radical (unpaired) electrons. The molecule has 2 heteroatoms. The normalized spacial score (nSPS) is 15.1. The Morgan fingerprint density at radius 3 is 2.50 bits per heavy atom.